The van der Waals surface area contributed by atoms with Crippen LogP contribution in [0.15, 0.2) is 11.8 Å². The number of hydrogen-bond acceptors (Lipinski definition) is 2. The molecule has 1 aliphatic carbocycles. The summed E-state index contributed by atoms with van der Waals surface area (Å²) < 4.78 is 0. The van der Waals surface area contributed by atoms with Gasteiger partial charge in [-0.25, -0.2) is 0 Å². The molecule has 2 heteroatoms. The van der Waals surface area contributed by atoms with Crippen LogP contribution in [0.4, 0.5) is 0 Å². The molecular formula is C10H19NO. The van der Waals surface area contributed by atoms with Gasteiger partial charge in [0.2, 0.25) is 0 Å². The number of rotatable bonds is 1. The van der Waals surface area contributed by atoms with E-state index in [-0.39, 0.29) is 0 Å². The van der Waals surface area contributed by atoms with Crippen LogP contribution in [-0.2, 0) is 0 Å². The van der Waals surface area contributed by atoms with Crippen LogP contribution in [0, 0.1) is 11.8 Å². The molecule has 0 aromatic heterocycles. The molecule has 0 saturated heterocycles. The van der Waals surface area contributed by atoms with Gasteiger partial charge in [-0.05, 0) is 37.5 Å². The second-order valence-electron chi connectivity index (χ2n) is 3.82. The average Bonchev–Trinajstić information content (AvgIpc) is 2.03. The zero-order chi connectivity index (χ0) is 8.97. The number of nitrogens with two attached hydrogens (primary N) is 1. The van der Waals surface area contributed by atoms with Crippen LogP contribution in [-0.4, -0.2) is 11.7 Å². The van der Waals surface area contributed by atoms with E-state index in [0.29, 0.717) is 18.4 Å². The Bertz CT molecular complexity index is 165. The lowest BCUT2D eigenvalue weighted by Gasteiger charge is -2.23. The summed E-state index contributed by atoms with van der Waals surface area (Å²) >= 11 is 0. The molecule has 70 valence electrons. The molecule has 0 amide bonds. The topological polar surface area (TPSA) is 46.2 Å². The van der Waals surface area contributed by atoms with Crippen LogP contribution in [0.25, 0.3) is 0 Å². The van der Waals surface area contributed by atoms with Crippen molar-refractivity contribution in [1.29, 1.82) is 0 Å². The predicted octanol–water partition coefficient (Wildman–Crippen LogP) is 1.65. The van der Waals surface area contributed by atoms with Crippen LogP contribution in [0.5, 0.6) is 0 Å². The van der Waals surface area contributed by atoms with Crippen LogP contribution in [0.3, 0.4) is 0 Å². The van der Waals surface area contributed by atoms with Gasteiger partial charge in [0.1, 0.15) is 0 Å². The summed E-state index contributed by atoms with van der Waals surface area (Å²) in [5.74, 6) is 1.09. The summed E-state index contributed by atoms with van der Waals surface area (Å²) in [5, 5.41) is 9.10. The molecule has 1 rings (SSSR count). The van der Waals surface area contributed by atoms with Gasteiger partial charge < -0.3 is 10.8 Å². The monoisotopic (exact) mass is 169 g/mol. The lowest BCUT2D eigenvalue weighted by molar-refractivity contribution is 0.167. The third-order valence-electron chi connectivity index (χ3n) is 2.87. The van der Waals surface area contributed by atoms with E-state index in [1.165, 1.54) is 0 Å². The molecule has 3 N–H and O–H groups in total. The Hall–Kier alpha value is -0.500. The van der Waals surface area contributed by atoms with Crippen molar-refractivity contribution in [3.05, 3.63) is 11.8 Å². The highest BCUT2D eigenvalue weighted by atomic mass is 16.3. The molecule has 0 bridgehead atoms. The maximum Gasteiger partial charge on any atom is 0.0461 e. The summed E-state index contributed by atoms with van der Waals surface area (Å²) in [6.45, 7) is 2.53. The highest BCUT2D eigenvalue weighted by Crippen LogP contribution is 2.25. The molecule has 2 nitrogen and oxygen atoms in total. The van der Waals surface area contributed by atoms with Crippen LogP contribution < -0.4 is 5.73 Å². The average molecular weight is 169 g/mol. The van der Waals surface area contributed by atoms with E-state index < -0.39 is 0 Å². The molecule has 2 unspecified atom stereocenters. The van der Waals surface area contributed by atoms with E-state index in [4.69, 9.17) is 10.8 Å². The molecule has 0 radical (unpaired) electrons. The minimum atomic E-state index is 0.314. The molecular weight excluding hydrogens is 150 g/mol. The van der Waals surface area contributed by atoms with Crippen molar-refractivity contribution in [3.63, 3.8) is 0 Å². The SMILES string of the molecule is CC1CC/C=C(/N)CCC1CO. The number of allylic oxidation sites excluding steroid dienone is 2. The van der Waals surface area contributed by atoms with Crippen molar-refractivity contribution in [2.24, 2.45) is 17.6 Å². The third-order valence-corrected chi connectivity index (χ3v) is 2.87. The Morgan fingerprint density at radius 3 is 3.00 bits per heavy atom. The molecule has 0 aromatic carbocycles. The van der Waals surface area contributed by atoms with Gasteiger partial charge in [0.15, 0.2) is 0 Å². The van der Waals surface area contributed by atoms with Gasteiger partial charge in [-0.2, -0.15) is 0 Å². The largest absolute Gasteiger partial charge is 0.402 e. The highest BCUT2D eigenvalue weighted by Gasteiger charge is 2.17. The van der Waals surface area contributed by atoms with Gasteiger partial charge in [-0.3, -0.25) is 0 Å². The van der Waals surface area contributed by atoms with Gasteiger partial charge in [0.05, 0.1) is 0 Å². The summed E-state index contributed by atoms with van der Waals surface area (Å²) in [4.78, 5) is 0. The second-order valence-corrected chi connectivity index (χ2v) is 3.82. The summed E-state index contributed by atoms with van der Waals surface area (Å²) in [6, 6.07) is 0. The molecule has 1 aliphatic rings. The predicted molar refractivity (Wildman–Crippen MR) is 50.5 cm³/mol. The van der Waals surface area contributed by atoms with Crippen molar-refractivity contribution in [3.8, 4) is 0 Å². The van der Waals surface area contributed by atoms with Crippen molar-refractivity contribution in [2.45, 2.75) is 32.6 Å². The molecule has 0 saturated carbocycles. The van der Waals surface area contributed by atoms with Gasteiger partial charge in [-0.1, -0.05) is 13.0 Å². The van der Waals surface area contributed by atoms with Crippen molar-refractivity contribution < 1.29 is 5.11 Å². The van der Waals surface area contributed by atoms with Gasteiger partial charge >= 0.3 is 0 Å². The Kier molecular flexibility index (Phi) is 3.60. The zero-order valence-corrected chi connectivity index (χ0v) is 7.79. The van der Waals surface area contributed by atoms with Crippen LogP contribution >= 0.6 is 0 Å². The normalized spacial score (nSPS) is 36.3. The summed E-state index contributed by atoms with van der Waals surface area (Å²) in [5.41, 5.74) is 6.75. The molecule has 12 heavy (non-hydrogen) atoms. The quantitative estimate of drug-likeness (QED) is 0.627. The van der Waals surface area contributed by atoms with Crippen molar-refractivity contribution in [1.82, 2.24) is 0 Å². The highest BCUT2D eigenvalue weighted by molar-refractivity contribution is 4.98. The number of aliphatic hydroxyl groups is 1. The zero-order valence-electron chi connectivity index (χ0n) is 7.79. The molecule has 0 fully saturated rings. The fourth-order valence-corrected chi connectivity index (χ4v) is 1.78. The maximum atomic E-state index is 9.10. The Morgan fingerprint density at radius 1 is 1.58 bits per heavy atom. The molecule has 0 spiro atoms. The van der Waals surface area contributed by atoms with Gasteiger partial charge in [0, 0.05) is 12.3 Å². The first-order chi connectivity index (χ1) is 5.74. The second kappa shape index (κ2) is 4.51. The van der Waals surface area contributed by atoms with E-state index in [1.807, 2.05) is 0 Å². The Labute approximate surface area is 74.5 Å². The van der Waals surface area contributed by atoms with E-state index in [1.54, 1.807) is 0 Å². The Balaban J connectivity index is 2.51. The van der Waals surface area contributed by atoms with E-state index >= 15 is 0 Å². The van der Waals surface area contributed by atoms with E-state index in [9.17, 15) is 0 Å². The molecule has 0 aromatic rings. The van der Waals surface area contributed by atoms with E-state index in [0.717, 1.165) is 31.4 Å². The minimum Gasteiger partial charge on any atom is -0.402 e. The van der Waals surface area contributed by atoms with Crippen molar-refractivity contribution >= 4 is 0 Å². The number of aliphatic hydroxyl groups excluding tert-OH is 1. The fraction of sp³-hybridized carbons (Fsp3) is 0.800. The first kappa shape index (κ1) is 9.59. The molecule has 0 heterocycles. The molecule has 0 aliphatic heterocycles. The summed E-state index contributed by atoms with van der Waals surface area (Å²) in [7, 11) is 0. The Morgan fingerprint density at radius 2 is 2.33 bits per heavy atom. The lowest BCUT2D eigenvalue weighted by atomic mass is 9.85. The standard InChI is InChI=1S/C10H19NO/c1-8-3-2-4-10(11)6-5-9(8)7-12/h4,8-9,12H,2-3,5-7,11H2,1H3/b10-4+. The smallest absolute Gasteiger partial charge is 0.0461 e. The maximum absolute atomic E-state index is 9.10. The lowest BCUT2D eigenvalue weighted by Crippen LogP contribution is -2.18. The minimum absolute atomic E-state index is 0.314. The van der Waals surface area contributed by atoms with Crippen LogP contribution in [0.2, 0.25) is 0 Å². The molecule has 2 atom stereocenters. The van der Waals surface area contributed by atoms with Crippen LogP contribution in [0.1, 0.15) is 32.6 Å². The van der Waals surface area contributed by atoms with E-state index in [2.05, 4.69) is 13.0 Å². The first-order valence-electron chi connectivity index (χ1n) is 4.79. The van der Waals surface area contributed by atoms with Gasteiger partial charge in [0.25, 0.3) is 0 Å². The number of hydrogen-bond donors (Lipinski definition) is 2. The van der Waals surface area contributed by atoms with Crippen molar-refractivity contribution in [2.75, 3.05) is 6.61 Å². The third kappa shape index (κ3) is 2.52. The van der Waals surface area contributed by atoms with Gasteiger partial charge in [-0.15, -0.1) is 0 Å². The fourth-order valence-electron chi connectivity index (χ4n) is 1.78. The summed E-state index contributed by atoms with van der Waals surface area (Å²) in [6.07, 6.45) is 6.36. The first-order valence-corrected chi connectivity index (χ1v) is 4.79.